The Morgan fingerprint density at radius 2 is 1.96 bits per heavy atom. The number of carbonyl (C=O) groups excluding carboxylic acids is 1. The molecule has 0 saturated heterocycles. The number of nitrogens with zero attached hydrogens (tertiary/aromatic N) is 1. The van der Waals surface area contributed by atoms with Crippen molar-refractivity contribution in [3.63, 3.8) is 0 Å². The van der Waals surface area contributed by atoms with Crippen molar-refractivity contribution in [2.45, 2.75) is 52.1 Å². The van der Waals surface area contributed by atoms with Gasteiger partial charge in [0.2, 0.25) is 5.91 Å². The van der Waals surface area contributed by atoms with Crippen molar-refractivity contribution in [1.29, 1.82) is 0 Å². The lowest BCUT2D eigenvalue weighted by Gasteiger charge is -2.37. The molecule has 23 heavy (non-hydrogen) atoms. The highest BCUT2D eigenvalue weighted by Gasteiger charge is 2.39. The first-order valence-corrected chi connectivity index (χ1v) is 8.12. The summed E-state index contributed by atoms with van der Waals surface area (Å²) in [6, 6.07) is 7.20. The Labute approximate surface area is 137 Å². The summed E-state index contributed by atoms with van der Waals surface area (Å²) in [6.07, 6.45) is 1.33. The predicted molar refractivity (Wildman–Crippen MR) is 90.6 cm³/mol. The first-order valence-electron chi connectivity index (χ1n) is 8.12. The summed E-state index contributed by atoms with van der Waals surface area (Å²) in [5, 5.41) is 12.0. The molecule has 0 spiro atoms. The topological polar surface area (TPSA) is 69.6 Å². The molecule has 2 N–H and O–H groups in total. The molecule has 1 heterocycles. The third kappa shape index (κ3) is 3.66. The molecule has 0 saturated carbocycles. The number of carboxylic acid groups (broad SMARTS) is 1. The monoisotopic (exact) mass is 318 g/mol. The largest absolute Gasteiger partial charge is 0.480 e. The third-order valence-corrected chi connectivity index (χ3v) is 4.43. The zero-order valence-electron chi connectivity index (χ0n) is 14.3. The predicted octanol–water partition coefficient (Wildman–Crippen LogP) is 2.44. The van der Waals surface area contributed by atoms with E-state index in [0.29, 0.717) is 6.42 Å². The van der Waals surface area contributed by atoms with Gasteiger partial charge in [0.25, 0.3) is 0 Å². The first kappa shape index (κ1) is 17.3. The molecule has 1 atom stereocenters. The molecular formula is C18H26N2O3. The van der Waals surface area contributed by atoms with Crippen LogP contribution in [-0.4, -0.2) is 35.1 Å². The maximum absolute atomic E-state index is 12.7. The van der Waals surface area contributed by atoms with Crippen LogP contribution in [-0.2, 0) is 16.0 Å². The number of benzene rings is 1. The fourth-order valence-corrected chi connectivity index (χ4v) is 3.07. The maximum Gasteiger partial charge on any atom is 0.326 e. The number of carbonyl (C=O) groups is 2. The van der Waals surface area contributed by atoms with Gasteiger partial charge < -0.3 is 15.3 Å². The molecule has 1 unspecified atom stereocenters. The minimum absolute atomic E-state index is 0.201. The highest BCUT2D eigenvalue weighted by Crippen LogP contribution is 2.33. The zero-order valence-corrected chi connectivity index (χ0v) is 14.3. The smallest absolute Gasteiger partial charge is 0.326 e. The lowest BCUT2D eigenvalue weighted by Crippen LogP contribution is -2.58. The molecule has 0 aliphatic carbocycles. The van der Waals surface area contributed by atoms with Gasteiger partial charge in [0.15, 0.2) is 0 Å². The van der Waals surface area contributed by atoms with Gasteiger partial charge in [0, 0.05) is 12.2 Å². The number of aliphatic carboxylic acids is 1. The Kier molecular flexibility index (Phi) is 4.97. The molecule has 126 valence electrons. The lowest BCUT2D eigenvalue weighted by molar-refractivity contribution is -0.143. The number of amides is 1. The van der Waals surface area contributed by atoms with E-state index in [4.69, 9.17) is 0 Å². The van der Waals surface area contributed by atoms with Crippen molar-refractivity contribution in [3.8, 4) is 0 Å². The van der Waals surface area contributed by atoms with Crippen LogP contribution >= 0.6 is 0 Å². The SMILES string of the molecule is CC(C)CC(NC(=O)C(C)(C)N1CCc2ccccc21)C(=O)O. The number of carboxylic acids is 1. The van der Waals surface area contributed by atoms with Gasteiger partial charge in [-0.2, -0.15) is 0 Å². The third-order valence-electron chi connectivity index (χ3n) is 4.43. The van der Waals surface area contributed by atoms with E-state index < -0.39 is 17.6 Å². The first-order chi connectivity index (χ1) is 10.7. The molecule has 1 aliphatic heterocycles. The summed E-state index contributed by atoms with van der Waals surface area (Å²) in [5.41, 5.74) is 1.49. The molecule has 0 bridgehead atoms. The van der Waals surface area contributed by atoms with Crippen LogP contribution in [0, 0.1) is 5.92 Å². The van der Waals surface area contributed by atoms with E-state index in [1.807, 2.05) is 45.9 Å². The van der Waals surface area contributed by atoms with Crippen LogP contribution in [0.5, 0.6) is 0 Å². The van der Waals surface area contributed by atoms with Crippen LogP contribution in [0.25, 0.3) is 0 Å². The van der Waals surface area contributed by atoms with Gasteiger partial charge in [-0.3, -0.25) is 4.79 Å². The van der Waals surface area contributed by atoms with Crippen molar-refractivity contribution >= 4 is 17.6 Å². The van der Waals surface area contributed by atoms with Gasteiger partial charge in [0.1, 0.15) is 11.6 Å². The summed E-state index contributed by atoms with van der Waals surface area (Å²) in [6.45, 7) is 8.35. The van der Waals surface area contributed by atoms with Gasteiger partial charge in [-0.1, -0.05) is 32.0 Å². The second-order valence-electron chi connectivity index (χ2n) is 7.08. The lowest BCUT2D eigenvalue weighted by atomic mass is 9.98. The van der Waals surface area contributed by atoms with Gasteiger partial charge in [-0.05, 0) is 44.2 Å². The van der Waals surface area contributed by atoms with E-state index in [2.05, 4.69) is 16.3 Å². The molecule has 0 radical (unpaired) electrons. The van der Waals surface area contributed by atoms with Gasteiger partial charge in [0.05, 0.1) is 0 Å². The Hall–Kier alpha value is -2.04. The quantitative estimate of drug-likeness (QED) is 0.845. The number of para-hydroxylation sites is 1. The van der Waals surface area contributed by atoms with Crippen molar-refractivity contribution < 1.29 is 14.7 Å². The number of fused-ring (bicyclic) bond motifs is 1. The van der Waals surface area contributed by atoms with Crippen molar-refractivity contribution in [1.82, 2.24) is 5.32 Å². The molecule has 5 heteroatoms. The average Bonchev–Trinajstić information content (AvgIpc) is 2.90. The molecule has 2 rings (SSSR count). The molecular weight excluding hydrogens is 292 g/mol. The molecule has 0 aromatic heterocycles. The van der Waals surface area contributed by atoms with Crippen molar-refractivity contribution in [2.75, 3.05) is 11.4 Å². The second-order valence-corrected chi connectivity index (χ2v) is 7.08. The fourth-order valence-electron chi connectivity index (χ4n) is 3.07. The second kappa shape index (κ2) is 6.60. The summed E-state index contributed by atoms with van der Waals surface area (Å²) in [5.74, 6) is -1.03. The van der Waals surface area contributed by atoms with E-state index in [-0.39, 0.29) is 11.8 Å². The average molecular weight is 318 g/mol. The number of rotatable bonds is 6. The van der Waals surface area contributed by atoms with E-state index in [1.165, 1.54) is 5.56 Å². The Balaban J connectivity index is 2.16. The van der Waals surface area contributed by atoms with Crippen LogP contribution in [0.1, 0.15) is 39.7 Å². The molecule has 0 fully saturated rings. The van der Waals surface area contributed by atoms with Gasteiger partial charge in [-0.15, -0.1) is 0 Å². The zero-order chi connectivity index (χ0) is 17.2. The van der Waals surface area contributed by atoms with E-state index in [1.54, 1.807) is 0 Å². The molecule has 1 aliphatic rings. The van der Waals surface area contributed by atoms with Crippen LogP contribution in [0.3, 0.4) is 0 Å². The molecule has 1 aromatic carbocycles. The number of hydrogen-bond donors (Lipinski definition) is 2. The van der Waals surface area contributed by atoms with E-state index in [0.717, 1.165) is 18.7 Å². The maximum atomic E-state index is 12.7. The van der Waals surface area contributed by atoms with E-state index >= 15 is 0 Å². The number of hydrogen-bond acceptors (Lipinski definition) is 3. The van der Waals surface area contributed by atoms with Crippen LogP contribution < -0.4 is 10.2 Å². The Bertz CT molecular complexity index is 596. The molecule has 5 nitrogen and oxygen atoms in total. The van der Waals surface area contributed by atoms with E-state index in [9.17, 15) is 14.7 Å². The summed E-state index contributed by atoms with van der Waals surface area (Å²) >= 11 is 0. The molecule has 1 aromatic rings. The number of nitrogens with one attached hydrogen (secondary N) is 1. The Morgan fingerprint density at radius 1 is 1.30 bits per heavy atom. The van der Waals surface area contributed by atoms with Crippen LogP contribution in [0.2, 0.25) is 0 Å². The van der Waals surface area contributed by atoms with Crippen LogP contribution in [0.4, 0.5) is 5.69 Å². The summed E-state index contributed by atoms with van der Waals surface area (Å²) in [7, 11) is 0. The standard InChI is InChI=1S/C18H26N2O3/c1-12(2)11-14(16(21)22)19-17(23)18(3,4)20-10-9-13-7-5-6-8-15(13)20/h5-8,12,14H,9-11H2,1-4H3,(H,19,23)(H,21,22). The summed E-state index contributed by atoms with van der Waals surface area (Å²) in [4.78, 5) is 26.2. The van der Waals surface area contributed by atoms with Crippen LogP contribution in [0.15, 0.2) is 24.3 Å². The van der Waals surface area contributed by atoms with Gasteiger partial charge in [-0.25, -0.2) is 4.79 Å². The normalized spacial score (nSPS) is 15.4. The van der Waals surface area contributed by atoms with Gasteiger partial charge >= 0.3 is 5.97 Å². The summed E-state index contributed by atoms with van der Waals surface area (Å²) < 4.78 is 0. The fraction of sp³-hybridized carbons (Fsp3) is 0.556. The van der Waals surface area contributed by atoms with Crippen molar-refractivity contribution in [3.05, 3.63) is 29.8 Å². The minimum atomic E-state index is -0.982. The highest BCUT2D eigenvalue weighted by molar-refractivity contribution is 5.92. The molecule has 1 amide bonds. The Morgan fingerprint density at radius 3 is 2.57 bits per heavy atom. The minimum Gasteiger partial charge on any atom is -0.480 e. The highest BCUT2D eigenvalue weighted by atomic mass is 16.4. The number of anilines is 1. The van der Waals surface area contributed by atoms with Crippen molar-refractivity contribution in [2.24, 2.45) is 5.92 Å².